The number of hydrogen-bond donors (Lipinski definition) is 2. The molecule has 0 aromatic heterocycles. The quantitative estimate of drug-likeness (QED) is 0.784. The number of amides is 1. The Morgan fingerprint density at radius 3 is 2.30 bits per heavy atom. The number of carbonyl (C=O) groups is 1. The molecule has 0 bridgehead atoms. The number of hydrogen-bond acceptors (Lipinski definition) is 3. The van der Waals surface area contributed by atoms with Crippen molar-refractivity contribution in [2.24, 2.45) is 17.6 Å². The summed E-state index contributed by atoms with van der Waals surface area (Å²) in [4.78, 5) is 14.6. The Hall–Kier alpha value is -0.610. The minimum atomic E-state index is 0.111. The summed E-state index contributed by atoms with van der Waals surface area (Å²) < 4.78 is 0. The lowest BCUT2D eigenvalue weighted by Gasteiger charge is -2.32. The SMILES string of the molecule is CC1CC(N)CC(C(=O)NCCN(C(C)C)C(C)C)C1. The minimum Gasteiger partial charge on any atom is -0.355 e. The fourth-order valence-corrected chi connectivity index (χ4v) is 3.44. The molecule has 0 aliphatic heterocycles. The van der Waals surface area contributed by atoms with Crippen molar-refractivity contribution in [1.82, 2.24) is 10.2 Å². The van der Waals surface area contributed by atoms with Gasteiger partial charge in [-0.2, -0.15) is 0 Å². The number of nitrogens with two attached hydrogens (primary N) is 1. The van der Waals surface area contributed by atoms with E-state index in [0.29, 0.717) is 18.0 Å². The zero-order valence-electron chi connectivity index (χ0n) is 13.9. The number of nitrogens with one attached hydrogen (secondary N) is 1. The van der Waals surface area contributed by atoms with Crippen molar-refractivity contribution in [3.8, 4) is 0 Å². The molecule has 0 heterocycles. The van der Waals surface area contributed by atoms with Crippen LogP contribution < -0.4 is 11.1 Å². The third kappa shape index (κ3) is 5.41. The average molecular weight is 283 g/mol. The second-order valence-corrected chi connectivity index (χ2v) is 6.99. The van der Waals surface area contributed by atoms with Crippen LogP contribution in [0.15, 0.2) is 0 Å². The maximum Gasteiger partial charge on any atom is 0.223 e. The molecule has 1 aliphatic carbocycles. The fourth-order valence-electron chi connectivity index (χ4n) is 3.44. The number of rotatable bonds is 6. The van der Waals surface area contributed by atoms with Gasteiger partial charge in [-0.3, -0.25) is 9.69 Å². The predicted octanol–water partition coefficient (Wildman–Crippen LogP) is 1.98. The molecule has 1 saturated carbocycles. The van der Waals surface area contributed by atoms with E-state index in [0.717, 1.165) is 32.4 Å². The lowest BCUT2D eigenvalue weighted by Crippen LogP contribution is -2.45. The maximum atomic E-state index is 12.2. The Bertz CT molecular complexity index is 286. The molecule has 0 radical (unpaired) electrons. The fraction of sp³-hybridized carbons (Fsp3) is 0.938. The van der Waals surface area contributed by atoms with Crippen LogP contribution in [0.5, 0.6) is 0 Å². The highest BCUT2D eigenvalue weighted by molar-refractivity contribution is 5.78. The van der Waals surface area contributed by atoms with Crippen LogP contribution in [0.2, 0.25) is 0 Å². The number of nitrogens with zero attached hydrogens (tertiary/aromatic N) is 1. The van der Waals surface area contributed by atoms with E-state index in [1.165, 1.54) is 0 Å². The highest BCUT2D eigenvalue weighted by Gasteiger charge is 2.29. The topological polar surface area (TPSA) is 58.4 Å². The van der Waals surface area contributed by atoms with Gasteiger partial charge in [0.05, 0.1) is 0 Å². The van der Waals surface area contributed by atoms with Gasteiger partial charge in [-0.05, 0) is 52.9 Å². The van der Waals surface area contributed by atoms with Gasteiger partial charge in [-0.15, -0.1) is 0 Å². The normalized spacial score (nSPS) is 27.4. The van der Waals surface area contributed by atoms with E-state index in [1.54, 1.807) is 0 Å². The maximum absolute atomic E-state index is 12.2. The van der Waals surface area contributed by atoms with Gasteiger partial charge in [0.1, 0.15) is 0 Å². The van der Waals surface area contributed by atoms with Gasteiger partial charge >= 0.3 is 0 Å². The molecule has 4 heteroatoms. The van der Waals surface area contributed by atoms with E-state index in [1.807, 2.05) is 0 Å². The molecule has 1 rings (SSSR count). The summed E-state index contributed by atoms with van der Waals surface area (Å²) in [7, 11) is 0. The first-order valence-electron chi connectivity index (χ1n) is 8.10. The summed E-state index contributed by atoms with van der Waals surface area (Å²) in [5, 5.41) is 3.10. The molecule has 0 aromatic carbocycles. The summed E-state index contributed by atoms with van der Waals surface area (Å²) in [5.41, 5.74) is 6.02. The molecule has 1 amide bonds. The molecule has 0 aromatic rings. The Morgan fingerprint density at radius 1 is 1.20 bits per heavy atom. The van der Waals surface area contributed by atoms with E-state index in [-0.39, 0.29) is 17.9 Å². The summed E-state index contributed by atoms with van der Waals surface area (Å²) in [5.74, 6) is 0.872. The molecule has 20 heavy (non-hydrogen) atoms. The molecular formula is C16H33N3O. The van der Waals surface area contributed by atoms with Crippen LogP contribution in [0.3, 0.4) is 0 Å². The van der Waals surface area contributed by atoms with Crippen LogP contribution in [0.1, 0.15) is 53.9 Å². The van der Waals surface area contributed by atoms with Crippen LogP contribution in [-0.4, -0.2) is 42.0 Å². The molecule has 0 spiro atoms. The van der Waals surface area contributed by atoms with Crippen LogP contribution in [-0.2, 0) is 4.79 Å². The van der Waals surface area contributed by atoms with Crippen molar-refractivity contribution >= 4 is 5.91 Å². The van der Waals surface area contributed by atoms with Crippen LogP contribution in [0.4, 0.5) is 0 Å². The van der Waals surface area contributed by atoms with Gasteiger partial charge in [0.2, 0.25) is 5.91 Å². The Kier molecular flexibility index (Phi) is 6.96. The van der Waals surface area contributed by atoms with Crippen LogP contribution in [0, 0.1) is 11.8 Å². The molecule has 3 N–H and O–H groups in total. The molecule has 4 nitrogen and oxygen atoms in total. The monoisotopic (exact) mass is 283 g/mol. The number of carbonyl (C=O) groups excluding carboxylic acids is 1. The van der Waals surface area contributed by atoms with Crippen LogP contribution >= 0.6 is 0 Å². The molecule has 118 valence electrons. The molecule has 0 saturated heterocycles. The van der Waals surface area contributed by atoms with Gasteiger partial charge < -0.3 is 11.1 Å². The first kappa shape index (κ1) is 17.4. The average Bonchev–Trinajstić information content (AvgIpc) is 2.32. The van der Waals surface area contributed by atoms with Gasteiger partial charge in [-0.25, -0.2) is 0 Å². The highest BCUT2D eigenvalue weighted by atomic mass is 16.1. The Labute approximate surface area is 124 Å². The zero-order valence-corrected chi connectivity index (χ0v) is 13.9. The second-order valence-electron chi connectivity index (χ2n) is 6.99. The molecular weight excluding hydrogens is 250 g/mol. The van der Waals surface area contributed by atoms with E-state index < -0.39 is 0 Å². The lowest BCUT2D eigenvalue weighted by atomic mass is 9.79. The predicted molar refractivity (Wildman–Crippen MR) is 84.5 cm³/mol. The largest absolute Gasteiger partial charge is 0.355 e. The Morgan fingerprint density at radius 2 is 1.80 bits per heavy atom. The van der Waals surface area contributed by atoms with Gasteiger partial charge in [-0.1, -0.05) is 6.92 Å². The van der Waals surface area contributed by atoms with E-state index in [2.05, 4.69) is 44.8 Å². The molecule has 3 unspecified atom stereocenters. The first-order valence-corrected chi connectivity index (χ1v) is 8.10. The summed E-state index contributed by atoms with van der Waals surface area (Å²) >= 11 is 0. The van der Waals surface area contributed by atoms with Crippen molar-refractivity contribution in [1.29, 1.82) is 0 Å². The lowest BCUT2D eigenvalue weighted by molar-refractivity contribution is -0.126. The summed E-state index contributed by atoms with van der Waals surface area (Å²) in [6.07, 6.45) is 2.88. The minimum absolute atomic E-state index is 0.111. The van der Waals surface area contributed by atoms with Gasteiger partial charge in [0.15, 0.2) is 0 Å². The van der Waals surface area contributed by atoms with Crippen molar-refractivity contribution in [3.63, 3.8) is 0 Å². The Balaban J connectivity index is 2.35. The second kappa shape index (κ2) is 7.99. The third-order valence-corrected chi connectivity index (χ3v) is 4.35. The summed E-state index contributed by atoms with van der Waals surface area (Å²) in [6.45, 7) is 12.6. The smallest absolute Gasteiger partial charge is 0.223 e. The van der Waals surface area contributed by atoms with Crippen molar-refractivity contribution < 1.29 is 4.79 Å². The van der Waals surface area contributed by atoms with E-state index in [9.17, 15) is 4.79 Å². The van der Waals surface area contributed by atoms with E-state index in [4.69, 9.17) is 5.73 Å². The zero-order chi connectivity index (χ0) is 15.3. The molecule has 3 atom stereocenters. The molecule has 1 fully saturated rings. The first-order chi connectivity index (χ1) is 9.31. The van der Waals surface area contributed by atoms with Crippen molar-refractivity contribution in [2.45, 2.75) is 72.0 Å². The van der Waals surface area contributed by atoms with Crippen molar-refractivity contribution in [3.05, 3.63) is 0 Å². The highest BCUT2D eigenvalue weighted by Crippen LogP contribution is 2.28. The third-order valence-electron chi connectivity index (χ3n) is 4.35. The standard InChI is InChI=1S/C16H33N3O/c1-11(2)19(12(3)4)7-6-18-16(20)14-8-13(5)9-15(17)10-14/h11-15H,6-10,17H2,1-5H3,(H,18,20). The van der Waals surface area contributed by atoms with E-state index >= 15 is 0 Å². The van der Waals surface area contributed by atoms with Gasteiger partial charge in [0, 0.05) is 37.1 Å². The summed E-state index contributed by atoms with van der Waals surface area (Å²) in [6, 6.07) is 1.21. The van der Waals surface area contributed by atoms with Crippen LogP contribution in [0.25, 0.3) is 0 Å². The molecule has 1 aliphatic rings. The van der Waals surface area contributed by atoms with Gasteiger partial charge in [0.25, 0.3) is 0 Å². The van der Waals surface area contributed by atoms with Crippen molar-refractivity contribution in [2.75, 3.05) is 13.1 Å².